The first-order valence-electron chi connectivity index (χ1n) is 12.3. The van der Waals surface area contributed by atoms with Crippen LogP contribution in [-0.2, 0) is 35.1 Å². The molecule has 2 aliphatic rings. The van der Waals surface area contributed by atoms with Crippen molar-refractivity contribution in [2.24, 2.45) is 5.16 Å². The minimum absolute atomic E-state index is 0.00393. The predicted molar refractivity (Wildman–Crippen MR) is 133 cm³/mol. The molecule has 1 unspecified atom stereocenters. The number of anilines is 1. The lowest BCUT2D eigenvalue weighted by Crippen LogP contribution is -2.41. The van der Waals surface area contributed by atoms with Crippen molar-refractivity contribution in [2.75, 3.05) is 24.6 Å². The van der Waals surface area contributed by atoms with Crippen LogP contribution < -0.4 is 4.90 Å². The van der Waals surface area contributed by atoms with Gasteiger partial charge in [-0.25, -0.2) is 0 Å². The van der Waals surface area contributed by atoms with Gasteiger partial charge in [-0.2, -0.15) is 0 Å². The number of oxime groups is 1. The Bertz CT molecular complexity index is 947. The lowest BCUT2D eigenvalue weighted by molar-refractivity contribution is -0.162. The number of ether oxygens (including phenoxy) is 3. The summed E-state index contributed by atoms with van der Waals surface area (Å²) in [4.78, 5) is 35.4. The summed E-state index contributed by atoms with van der Waals surface area (Å²) in [6, 6.07) is 2.24. The molecule has 0 aromatic carbocycles. The van der Waals surface area contributed by atoms with E-state index in [0.717, 1.165) is 43.7 Å². The SMILES string of the molecule is CC(=O)OC[C@H]1O[C@H](CC=NOC(C)CN2CCCCc3nc(C)c(C)cc32)C=C[C@@H]1OC(C)=O. The summed E-state index contributed by atoms with van der Waals surface area (Å²) in [5.74, 6) is -0.843. The summed E-state index contributed by atoms with van der Waals surface area (Å²) in [6.07, 6.45) is 7.42. The average molecular weight is 488 g/mol. The molecule has 0 saturated heterocycles. The highest BCUT2D eigenvalue weighted by Crippen LogP contribution is 2.27. The first kappa shape index (κ1) is 26.7. The van der Waals surface area contributed by atoms with Gasteiger partial charge in [-0.15, -0.1) is 0 Å². The van der Waals surface area contributed by atoms with Crippen molar-refractivity contribution < 1.29 is 28.6 Å². The average Bonchev–Trinajstić information content (AvgIpc) is 2.98. The molecule has 192 valence electrons. The molecule has 1 aromatic heterocycles. The van der Waals surface area contributed by atoms with E-state index in [1.54, 1.807) is 12.3 Å². The van der Waals surface area contributed by atoms with Gasteiger partial charge in [0.25, 0.3) is 0 Å². The van der Waals surface area contributed by atoms with Crippen molar-refractivity contribution in [1.29, 1.82) is 0 Å². The highest BCUT2D eigenvalue weighted by molar-refractivity contribution is 5.67. The summed E-state index contributed by atoms with van der Waals surface area (Å²) in [7, 11) is 0. The predicted octanol–water partition coefficient (Wildman–Crippen LogP) is 3.44. The van der Waals surface area contributed by atoms with E-state index in [1.807, 2.05) is 13.0 Å². The van der Waals surface area contributed by atoms with E-state index in [-0.39, 0.29) is 18.8 Å². The third-order valence-corrected chi connectivity index (χ3v) is 6.07. The van der Waals surface area contributed by atoms with E-state index in [9.17, 15) is 9.59 Å². The van der Waals surface area contributed by atoms with E-state index in [0.29, 0.717) is 6.42 Å². The maximum Gasteiger partial charge on any atom is 0.303 e. The Balaban J connectivity index is 1.52. The second kappa shape index (κ2) is 12.7. The van der Waals surface area contributed by atoms with E-state index in [2.05, 4.69) is 30.0 Å². The molecule has 2 aliphatic heterocycles. The number of rotatable bonds is 9. The molecule has 0 fully saturated rings. The number of hydrogen-bond acceptors (Lipinski definition) is 9. The quantitative estimate of drug-likeness (QED) is 0.226. The Morgan fingerprint density at radius 1 is 1.26 bits per heavy atom. The monoisotopic (exact) mass is 487 g/mol. The molecule has 35 heavy (non-hydrogen) atoms. The fourth-order valence-corrected chi connectivity index (χ4v) is 4.22. The minimum atomic E-state index is -0.602. The maximum atomic E-state index is 11.3. The number of fused-ring (bicyclic) bond motifs is 1. The van der Waals surface area contributed by atoms with Crippen LogP contribution in [0, 0.1) is 13.8 Å². The van der Waals surface area contributed by atoms with Crippen molar-refractivity contribution >= 4 is 23.8 Å². The molecule has 0 radical (unpaired) electrons. The third-order valence-electron chi connectivity index (χ3n) is 6.07. The number of pyridine rings is 1. The largest absolute Gasteiger partial charge is 0.463 e. The van der Waals surface area contributed by atoms with Crippen LogP contribution in [0.25, 0.3) is 0 Å². The van der Waals surface area contributed by atoms with Crippen LogP contribution >= 0.6 is 0 Å². The van der Waals surface area contributed by atoms with Gasteiger partial charge in [0.2, 0.25) is 0 Å². The van der Waals surface area contributed by atoms with Crippen LogP contribution in [0.5, 0.6) is 0 Å². The summed E-state index contributed by atoms with van der Waals surface area (Å²) in [5, 5.41) is 4.16. The molecular weight excluding hydrogens is 450 g/mol. The zero-order valence-electron chi connectivity index (χ0n) is 21.4. The van der Waals surface area contributed by atoms with Gasteiger partial charge in [0.05, 0.1) is 24.0 Å². The van der Waals surface area contributed by atoms with Crippen molar-refractivity contribution in [3.63, 3.8) is 0 Å². The number of carbonyl (C=O) groups is 2. The highest BCUT2D eigenvalue weighted by Gasteiger charge is 2.30. The number of aryl methyl sites for hydroxylation is 3. The van der Waals surface area contributed by atoms with Crippen LogP contribution in [0.4, 0.5) is 5.69 Å². The van der Waals surface area contributed by atoms with Gasteiger partial charge in [-0.3, -0.25) is 14.6 Å². The van der Waals surface area contributed by atoms with Gasteiger partial charge in [0.15, 0.2) is 0 Å². The minimum Gasteiger partial charge on any atom is -0.463 e. The second-order valence-corrected chi connectivity index (χ2v) is 9.17. The summed E-state index contributed by atoms with van der Waals surface area (Å²) >= 11 is 0. The van der Waals surface area contributed by atoms with Crippen molar-refractivity contribution in [1.82, 2.24) is 4.98 Å². The Labute approximate surface area is 207 Å². The standard InChI is InChI=1S/C26H37N3O6/c1-17-14-24-23(28-19(17)3)8-6-7-13-29(24)15-18(2)35-27-12-11-22-9-10-25(33-21(5)31)26(34-22)16-32-20(4)30/h9-10,12,14,18,22,25-26H,6-8,11,13,15-16H2,1-5H3/t18?,22-,25-,26+/m0/s1. The molecule has 1 aromatic rings. The Morgan fingerprint density at radius 3 is 2.80 bits per heavy atom. The molecule has 0 aliphatic carbocycles. The van der Waals surface area contributed by atoms with Crippen LogP contribution in [0.1, 0.15) is 57.0 Å². The number of nitrogens with zero attached hydrogens (tertiary/aromatic N) is 3. The smallest absolute Gasteiger partial charge is 0.303 e. The molecule has 0 spiro atoms. The summed E-state index contributed by atoms with van der Waals surface area (Å²) in [6.45, 7) is 10.5. The Kier molecular flexibility index (Phi) is 9.65. The molecule has 0 N–H and O–H groups in total. The zero-order chi connectivity index (χ0) is 25.4. The van der Waals surface area contributed by atoms with Crippen LogP contribution in [0.2, 0.25) is 0 Å². The van der Waals surface area contributed by atoms with E-state index in [1.165, 1.54) is 25.1 Å². The maximum absolute atomic E-state index is 11.3. The first-order chi connectivity index (χ1) is 16.7. The van der Waals surface area contributed by atoms with E-state index >= 15 is 0 Å². The van der Waals surface area contributed by atoms with Crippen LogP contribution in [-0.4, -0.2) is 67.2 Å². The number of hydrogen-bond donors (Lipinski definition) is 0. The van der Waals surface area contributed by atoms with Crippen molar-refractivity contribution in [2.45, 2.75) is 84.7 Å². The Hall–Kier alpha value is -2.94. The van der Waals surface area contributed by atoms with E-state index in [4.69, 9.17) is 24.0 Å². The third kappa shape index (κ3) is 8.06. The fourth-order valence-electron chi connectivity index (χ4n) is 4.22. The highest BCUT2D eigenvalue weighted by atomic mass is 16.6. The molecule has 3 rings (SSSR count). The number of carbonyl (C=O) groups excluding carboxylic acids is 2. The first-order valence-corrected chi connectivity index (χ1v) is 12.3. The molecule has 0 saturated carbocycles. The zero-order valence-corrected chi connectivity index (χ0v) is 21.4. The van der Waals surface area contributed by atoms with Crippen molar-refractivity contribution in [3.05, 3.63) is 35.2 Å². The summed E-state index contributed by atoms with van der Waals surface area (Å²) < 4.78 is 16.3. The number of esters is 2. The second-order valence-electron chi connectivity index (χ2n) is 9.17. The normalized spacial score (nSPS) is 22.9. The summed E-state index contributed by atoms with van der Waals surface area (Å²) in [5.41, 5.74) is 4.66. The molecule has 9 heteroatoms. The van der Waals surface area contributed by atoms with Gasteiger partial charge >= 0.3 is 11.9 Å². The van der Waals surface area contributed by atoms with Gasteiger partial charge in [-0.05, 0) is 57.7 Å². The molecule has 4 atom stereocenters. The molecule has 0 bridgehead atoms. The molecule has 9 nitrogen and oxygen atoms in total. The van der Waals surface area contributed by atoms with Gasteiger partial charge < -0.3 is 23.9 Å². The lowest BCUT2D eigenvalue weighted by Gasteiger charge is -2.31. The van der Waals surface area contributed by atoms with Gasteiger partial charge in [0, 0.05) is 38.7 Å². The van der Waals surface area contributed by atoms with Crippen molar-refractivity contribution in [3.8, 4) is 0 Å². The lowest BCUT2D eigenvalue weighted by atomic mass is 10.1. The van der Waals surface area contributed by atoms with E-state index < -0.39 is 24.1 Å². The van der Waals surface area contributed by atoms with Gasteiger partial charge in [0.1, 0.15) is 24.9 Å². The topological polar surface area (TPSA) is 99.6 Å². The fraction of sp³-hybridized carbons (Fsp3) is 0.615. The van der Waals surface area contributed by atoms with Gasteiger partial charge in [-0.1, -0.05) is 11.2 Å². The van der Waals surface area contributed by atoms with Crippen LogP contribution in [0.15, 0.2) is 23.4 Å². The number of aromatic nitrogens is 1. The molecule has 3 heterocycles. The Morgan fingerprint density at radius 2 is 2.06 bits per heavy atom. The molecular formula is C26H37N3O6. The van der Waals surface area contributed by atoms with Crippen LogP contribution in [0.3, 0.4) is 0 Å². The molecule has 0 amide bonds.